The fourth-order valence-electron chi connectivity index (χ4n) is 2.80. The van der Waals surface area contributed by atoms with Gasteiger partial charge in [0.2, 0.25) is 5.91 Å². The van der Waals surface area contributed by atoms with Crippen LogP contribution in [0.4, 0.5) is 0 Å². The molecule has 0 bridgehead atoms. The van der Waals surface area contributed by atoms with E-state index in [-0.39, 0.29) is 12.5 Å². The van der Waals surface area contributed by atoms with Crippen molar-refractivity contribution in [2.24, 2.45) is 0 Å². The predicted octanol–water partition coefficient (Wildman–Crippen LogP) is 4.33. The molecule has 0 unspecified atom stereocenters. The number of carbonyl (C=O) groups excluding carboxylic acids is 1. The lowest BCUT2D eigenvalue weighted by Crippen LogP contribution is -2.36. The molecule has 0 aliphatic heterocycles. The molecule has 4 nitrogen and oxygen atoms in total. The standard InChI is InChI=1S/C20H42N2O2/c1-5-9-11-13-15-22(16-14-12-10-6-2)20(23)19-24-18-17-21(7-3)8-4/h5-19H2,1-4H3. The molecule has 0 heterocycles. The van der Waals surface area contributed by atoms with Gasteiger partial charge in [-0.3, -0.25) is 4.79 Å². The molecule has 144 valence electrons. The second-order valence-corrected chi connectivity index (χ2v) is 6.58. The van der Waals surface area contributed by atoms with Crippen LogP contribution in [0.5, 0.6) is 0 Å². The summed E-state index contributed by atoms with van der Waals surface area (Å²) < 4.78 is 5.63. The SMILES string of the molecule is CCCCCCN(CCCCCC)C(=O)COCCN(CC)CC. The van der Waals surface area contributed by atoms with Crippen LogP contribution in [0.15, 0.2) is 0 Å². The Labute approximate surface area is 150 Å². The average Bonchev–Trinajstić information content (AvgIpc) is 2.60. The molecule has 24 heavy (non-hydrogen) atoms. The number of hydrogen-bond acceptors (Lipinski definition) is 3. The van der Waals surface area contributed by atoms with Crippen LogP contribution in [0.25, 0.3) is 0 Å². The van der Waals surface area contributed by atoms with E-state index in [0.717, 1.165) is 45.6 Å². The monoisotopic (exact) mass is 342 g/mol. The number of ether oxygens (including phenoxy) is 1. The first-order chi connectivity index (χ1) is 11.7. The van der Waals surface area contributed by atoms with E-state index in [1.165, 1.54) is 38.5 Å². The van der Waals surface area contributed by atoms with E-state index in [4.69, 9.17) is 4.74 Å². The van der Waals surface area contributed by atoms with E-state index in [0.29, 0.717) is 6.61 Å². The van der Waals surface area contributed by atoms with E-state index in [1.54, 1.807) is 0 Å². The molecule has 0 saturated carbocycles. The van der Waals surface area contributed by atoms with Crippen LogP contribution in [0.3, 0.4) is 0 Å². The van der Waals surface area contributed by atoms with E-state index in [9.17, 15) is 4.79 Å². The third-order valence-corrected chi connectivity index (χ3v) is 4.59. The minimum Gasteiger partial charge on any atom is -0.370 e. The molecule has 0 aliphatic rings. The highest BCUT2D eigenvalue weighted by Gasteiger charge is 2.13. The van der Waals surface area contributed by atoms with Crippen LogP contribution in [-0.4, -0.2) is 61.6 Å². The fourth-order valence-corrected chi connectivity index (χ4v) is 2.80. The quantitative estimate of drug-likeness (QED) is 0.369. The minimum atomic E-state index is 0.169. The van der Waals surface area contributed by atoms with Crippen molar-refractivity contribution in [1.82, 2.24) is 9.80 Å². The molecule has 0 radical (unpaired) electrons. The summed E-state index contributed by atoms with van der Waals surface area (Å²) in [5, 5.41) is 0. The summed E-state index contributed by atoms with van der Waals surface area (Å²) >= 11 is 0. The summed E-state index contributed by atoms with van der Waals surface area (Å²) in [6, 6.07) is 0. The van der Waals surface area contributed by atoms with Gasteiger partial charge in [-0.05, 0) is 25.9 Å². The van der Waals surface area contributed by atoms with Gasteiger partial charge in [0.1, 0.15) is 6.61 Å². The molecule has 0 N–H and O–H groups in total. The Balaban J connectivity index is 4.08. The molecule has 4 heteroatoms. The number of carbonyl (C=O) groups is 1. The van der Waals surface area contributed by atoms with Crippen molar-refractivity contribution in [2.75, 3.05) is 45.9 Å². The fraction of sp³-hybridized carbons (Fsp3) is 0.950. The maximum Gasteiger partial charge on any atom is 0.248 e. The highest BCUT2D eigenvalue weighted by atomic mass is 16.5. The zero-order valence-electron chi connectivity index (χ0n) is 16.8. The molecule has 0 rings (SSSR count). The van der Waals surface area contributed by atoms with Crippen LogP contribution in [0.1, 0.15) is 79.1 Å². The maximum atomic E-state index is 12.4. The smallest absolute Gasteiger partial charge is 0.248 e. The molecule has 0 spiro atoms. The molecular weight excluding hydrogens is 300 g/mol. The van der Waals surface area contributed by atoms with Crippen molar-refractivity contribution in [3.05, 3.63) is 0 Å². The van der Waals surface area contributed by atoms with Gasteiger partial charge in [-0.25, -0.2) is 0 Å². The first-order valence-electron chi connectivity index (χ1n) is 10.3. The molecule has 0 aliphatic carbocycles. The van der Waals surface area contributed by atoms with Crippen LogP contribution in [-0.2, 0) is 9.53 Å². The lowest BCUT2D eigenvalue weighted by molar-refractivity contribution is -0.136. The lowest BCUT2D eigenvalue weighted by atomic mass is 10.1. The second-order valence-electron chi connectivity index (χ2n) is 6.58. The molecule has 0 saturated heterocycles. The number of nitrogens with zero attached hydrogens (tertiary/aromatic N) is 2. The van der Waals surface area contributed by atoms with E-state index >= 15 is 0 Å². The summed E-state index contributed by atoms with van der Waals surface area (Å²) in [4.78, 5) is 16.8. The topological polar surface area (TPSA) is 32.8 Å². The predicted molar refractivity (Wildman–Crippen MR) is 103 cm³/mol. The van der Waals surface area contributed by atoms with Crippen molar-refractivity contribution in [1.29, 1.82) is 0 Å². The molecule has 0 fully saturated rings. The van der Waals surface area contributed by atoms with Gasteiger partial charge < -0.3 is 14.5 Å². The molecule has 0 aromatic carbocycles. The third kappa shape index (κ3) is 12.8. The molecular formula is C20H42N2O2. The van der Waals surface area contributed by atoms with Crippen molar-refractivity contribution >= 4 is 5.91 Å². The van der Waals surface area contributed by atoms with Gasteiger partial charge in [0.05, 0.1) is 6.61 Å². The maximum absolute atomic E-state index is 12.4. The van der Waals surface area contributed by atoms with Crippen LogP contribution >= 0.6 is 0 Å². The Bertz CT molecular complexity index is 269. The van der Waals surface area contributed by atoms with Gasteiger partial charge in [0, 0.05) is 19.6 Å². The van der Waals surface area contributed by atoms with Crippen molar-refractivity contribution in [2.45, 2.75) is 79.1 Å². The Morgan fingerprint density at radius 3 is 1.75 bits per heavy atom. The number of amides is 1. The van der Waals surface area contributed by atoms with Gasteiger partial charge in [-0.1, -0.05) is 66.2 Å². The van der Waals surface area contributed by atoms with Gasteiger partial charge in [0.15, 0.2) is 0 Å². The summed E-state index contributed by atoms with van der Waals surface area (Å²) in [7, 11) is 0. The van der Waals surface area contributed by atoms with Gasteiger partial charge in [-0.15, -0.1) is 0 Å². The van der Waals surface area contributed by atoms with Crippen LogP contribution in [0, 0.1) is 0 Å². The Morgan fingerprint density at radius 1 is 0.750 bits per heavy atom. The minimum absolute atomic E-state index is 0.169. The normalized spacial score (nSPS) is 11.2. The van der Waals surface area contributed by atoms with E-state index in [1.807, 2.05) is 4.90 Å². The van der Waals surface area contributed by atoms with E-state index < -0.39 is 0 Å². The Morgan fingerprint density at radius 2 is 1.29 bits per heavy atom. The molecule has 0 aromatic heterocycles. The lowest BCUT2D eigenvalue weighted by Gasteiger charge is -2.23. The highest BCUT2D eigenvalue weighted by molar-refractivity contribution is 5.77. The van der Waals surface area contributed by atoms with E-state index in [2.05, 4.69) is 32.6 Å². The van der Waals surface area contributed by atoms with Gasteiger partial charge >= 0.3 is 0 Å². The average molecular weight is 343 g/mol. The summed E-state index contributed by atoms with van der Waals surface area (Å²) in [5.74, 6) is 0.169. The zero-order valence-corrected chi connectivity index (χ0v) is 16.8. The number of rotatable bonds is 17. The number of likely N-dealkylation sites (N-methyl/N-ethyl adjacent to an activating group) is 1. The molecule has 1 amide bonds. The Hall–Kier alpha value is -0.610. The van der Waals surface area contributed by atoms with Crippen LogP contribution in [0.2, 0.25) is 0 Å². The highest BCUT2D eigenvalue weighted by Crippen LogP contribution is 2.06. The number of hydrogen-bond donors (Lipinski definition) is 0. The number of unbranched alkanes of at least 4 members (excludes halogenated alkanes) is 6. The summed E-state index contributed by atoms with van der Waals surface area (Å²) in [6.45, 7) is 14.4. The second kappa shape index (κ2) is 17.2. The van der Waals surface area contributed by atoms with Crippen molar-refractivity contribution in [3.8, 4) is 0 Å². The van der Waals surface area contributed by atoms with Gasteiger partial charge in [0.25, 0.3) is 0 Å². The first-order valence-corrected chi connectivity index (χ1v) is 10.3. The Kier molecular flexibility index (Phi) is 16.8. The zero-order chi connectivity index (χ0) is 18.0. The third-order valence-electron chi connectivity index (χ3n) is 4.59. The summed E-state index contributed by atoms with van der Waals surface area (Å²) in [5.41, 5.74) is 0. The largest absolute Gasteiger partial charge is 0.370 e. The summed E-state index contributed by atoms with van der Waals surface area (Å²) in [6.07, 6.45) is 9.67. The van der Waals surface area contributed by atoms with Crippen molar-refractivity contribution < 1.29 is 9.53 Å². The van der Waals surface area contributed by atoms with Crippen LogP contribution < -0.4 is 0 Å². The van der Waals surface area contributed by atoms with Gasteiger partial charge in [-0.2, -0.15) is 0 Å². The van der Waals surface area contributed by atoms with Crippen molar-refractivity contribution in [3.63, 3.8) is 0 Å². The first kappa shape index (κ1) is 23.4. The molecule has 0 atom stereocenters. The molecule has 0 aromatic rings.